The normalized spacial score (nSPS) is 10.9. The number of hydrogen-bond donors (Lipinski definition) is 1. The van der Waals surface area contributed by atoms with Gasteiger partial charge in [-0.3, -0.25) is 4.68 Å². The van der Waals surface area contributed by atoms with Crippen molar-refractivity contribution in [2.24, 2.45) is 7.05 Å². The molecule has 0 aliphatic rings. The van der Waals surface area contributed by atoms with Crippen molar-refractivity contribution in [3.05, 3.63) is 23.8 Å². The SMILES string of the molecule is COc1ccc(C(C)C)c(-c2cc(N)n(C)n2)c1OC. The number of benzene rings is 1. The molecule has 5 heteroatoms. The summed E-state index contributed by atoms with van der Waals surface area (Å²) in [6.45, 7) is 4.27. The molecule has 0 saturated heterocycles. The Morgan fingerprint density at radius 1 is 1.20 bits per heavy atom. The van der Waals surface area contributed by atoms with Crippen molar-refractivity contribution in [1.29, 1.82) is 0 Å². The van der Waals surface area contributed by atoms with Gasteiger partial charge in [0.05, 0.1) is 25.5 Å². The minimum Gasteiger partial charge on any atom is -0.493 e. The third kappa shape index (κ3) is 2.31. The molecule has 2 rings (SSSR count). The van der Waals surface area contributed by atoms with Gasteiger partial charge in [-0.1, -0.05) is 19.9 Å². The highest BCUT2D eigenvalue weighted by Crippen LogP contribution is 2.42. The molecule has 108 valence electrons. The predicted octanol–water partition coefficient (Wildman–Crippen LogP) is 2.81. The van der Waals surface area contributed by atoms with Crippen molar-refractivity contribution in [2.45, 2.75) is 19.8 Å². The second kappa shape index (κ2) is 5.45. The first-order valence-electron chi connectivity index (χ1n) is 6.54. The van der Waals surface area contributed by atoms with Gasteiger partial charge in [0.1, 0.15) is 5.82 Å². The zero-order valence-electron chi connectivity index (χ0n) is 12.6. The molecule has 0 bridgehead atoms. The lowest BCUT2D eigenvalue weighted by Gasteiger charge is -2.17. The quantitative estimate of drug-likeness (QED) is 0.932. The van der Waals surface area contributed by atoms with Crippen LogP contribution in [0.1, 0.15) is 25.3 Å². The Balaban J connectivity index is 2.75. The molecule has 0 radical (unpaired) electrons. The largest absolute Gasteiger partial charge is 0.493 e. The van der Waals surface area contributed by atoms with Gasteiger partial charge in [0.2, 0.25) is 0 Å². The van der Waals surface area contributed by atoms with Crippen LogP contribution in [0.2, 0.25) is 0 Å². The first-order chi connectivity index (χ1) is 9.49. The van der Waals surface area contributed by atoms with E-state index in [0.29, 0.717) is 23.2 Å². The Bertz CT molecular complexity index is 598. The monoisotopic (exact) mass is 275 g/mol. The molecule has 2 N–H and O–H groups in total. The molecule has 0 aliphatic heterocycles. The summed E-state index contributed by atoms with van der Waals surface area (Å²) in [4.78, 5) is 0. The molecule has 20 heavy (non-hydrogen) atoms. The van der Waals surface area contributed by atoms with Gasteiger partial charge in [0.25, 0.3) is 0 Å². The van der Waals surface area contributed by atoms with Gasteiger partial charge >= 0.3 is 0 Å². The molecule has 1 aromatic carbocycles. The summed E-state index contributed by atoms with van der Waals surface area (Å²) in [6.07, 6.45) is 0. The molecular weight excluding hydrogens is 254 g/mol. The smallest absolute Gasteiger partial charge is 0.170 e. The lowest BCUT2D eigenvalue weighted by molar-refractivity contribution is 0.355. The summed E-state index contributed by atoms with van der Waals surface area (Å²) >= 11 is 0. The topological polar surface area (TPSA) is 62.3 Å². The van der Waals surface area contributed by atoms with Crippen LogP contribution in [-0.2, 0) is 7.05 Å². The summed E-state index contributed by atoms with van der Waals surface area (Å²) in [5.74, 6) is 2.33. The van der Waals surface area contributed by atoms with Crippen molar-refractivity contribution in [2.75, 3.05) is 20.0 Å². The Kier molecular flexibility index (Phi) is 3.88. The van der Waals surface area contributed by atoms with E-state index < -0.39 is 0 Å². The minimum atomic E-state index is 0.341. The molecule has 1 heterocycles. The number of ether oxygens (including phenoxy) is 2. The molecular formula is C15H21N3O2. The lowest BCUT2D eigenvalue weighted by atomic mass is 9.94. The van der Waals surface area contributed by atoms with Crippen LogP contribution in [0.4, 0.5) is 5.82 Å². The number of aromatic nitrogens is 2. The number of hydrogen-bond acceptors (Lipinski definition) is 4. The highest BCUT2D eigenvalue weighted by atomic mass is 16.5. The molecule has 5 nitrogen and oxygen atoms in total. The number of nitrogens with zero attached hydrogens (tertiary/aromatic N) is 2. The summed E-state index contributed by atoms with van der Waals surface area (Å²) in [5.41, 5.74) is 8.78. The molecule has 2 aromatic rings. The number of anilines is 1. The van der Waals surface area contributed by atoms with E-state index >= 15 is 0 Å². The van der Waals surface area contributed by atoms with Crippen molar-refractivity contribution in [3.63, 3.8) is 0 Å². The molecule has 0 spiro atoms. The third-order valence-electron chi connectivity index (χ3n) is 3.37. The second-order valence-corrected chi connectivity index (χ2v) is 5.00. The average Bonchev–Trinajstić information content (AvgIpc) is 2.76. The van der Waals surface area contributed by atoms with Crippen molar-refractivity contribution in [3.8, 4) is 22.8 Å². The summed E-state index contributed by atoms with van der Waals surface area (Å²) in [6, 6.07) is 5.82. The van der Waals surface area contributed by atoms with Gasteiger partial charge in [-0.2, -0.15) is 5.10 Å². The number of methoxy groups -OCH3 is 2. The molecule has 1 aromatic heterocycles. The van der Waals surface area contributed by atoms with Crippen LogP contribution in [0, 0.1) is 0 Å². The average molecular weight is 275 g/mol. The molecule has 0 saturated carbocycles. The Morgan fingerprint density at radius 2 is 1.90 bits per heavy atom. The van der Waals surface area contributed by atoms with Crippen LogP contribution in [0.5, 0.6) is 11.5 Å². The van der Waals surface area contributed by atoms with Crippen LogP contribution in [-0.4, -0.2) is 24.0 Å². The molecule has 0 fully saturated rings. The van der Waals surface area contributed by atoms with Crippen LogP contribution in [0.3, 0.4) is 0 Å². The summed E-state index contributed by atoms with van der Waals surface area (Å²) in [5, 5.41) is 4.46. The fraction of sp³-hybridized carbons (Fsp3) is 0.400. The van der Waals surface area contributed by atoms with Gasteiger partial charge in [-0.15, -0.1) is 0 Å². The maximum Gasteiger partial charge on any atom is 0.170 e. The van der Waals surface area contributed by atoms with E-state index in [-0.39, 0.29) is 0 Å². The van der Waals surface area contributed by atoms with E-state index in [1.807, 2.05) is 25.2 Å². The zero-order chi connectivity index (χ0) is 14.9. The van der Waals surface area contributed by atoms with E-state index in [1.165, 1.54) is 0 Å². The minimum absolute atomic E-state index is 0.341. The van der Waals surface area contributed by atoms with Crippen LogP contribution >= 0.6 is 0 Å². The van der Waals surface area contributed by atoms with Gasteiger partial charge in [-0.05, 0) is 17.5 Å². The van der Waals surface area contributed by atoms with Gasteiger partial charge in [0.15, 0.2) is 11.5 Å². The fourth-order valence-corrected chi connectivity index (χ4v) is 2.29. The van der Waals surface area contributed by atoms with E-state index in [9.17, 15) is 0 Å². The standard InChI is InChI=1S/C15H21N3O2/c1-9(2)10-6-7-12(19-4)15(20-5)14(10)11-8-13(16)18(3)17-11/h6-9H,16H2,1-5H3. The third-order valence-corrected chi connectivity index (χ3v) is 3.37. The number of rotatable bonds is 4. The molecule has 0 atom stereocenters. The van der Waals surface area contributed by atoms with Crippen LogP contribution in [0.25, 0.3) is 11.3 Å². The fourth-order valence-electron chi connectivity index (χ4n) is 2.29. The first-order valence-corrected chi connectivity index (χ1v) is 6.54. The van der Waals surface area contributed by atoms with E-state index in [2.05, 4.69) is 18.9 Å². The van der Waals surface area contributed by atoms with Crippen molar-refractivity contribution >= 4 is 5.82 Å². The van der Waals surface area contributed by atoms with Gasteiger partial charge < -0.3 is 15.2 Å². The molecule has 0 amide bonds. The van der Waals surface area contributed by atoms with E-state index in [1.54, 1.807) is 18.9 Å². The Labute approximate surface area is 119 Å². The number of nitrogen functional groups attached to an aromatic ring is 1. The van der Waals surface area contributed by atoms with E-state index in [4.69, 9.17) is 15.2 Å². The summed E-state index contributed by atoms with van der Waals surface area (Å²) in [7, 11) is 5.09. The maximum atomic E-state index is 5.89. The molecule has 0 unspecified atom stereocenters. The van der Waals surface area contributed by atoms with Crippen molar-refractivity contribution < 1.29 is 9.47 Å². The Morgan fingerprint density at radius 3 is 2.35 bits per heavy atom. The Hall–Kier alpha value is -2.17. The van der Waals surface area contributed by atoms with Gasteiger partial charge in [-0.25, -0.2) is 0 Å². The maximum absolute atomic E-state index is 5.89. The highest BCUT2D eigenvalue weighted by molar-refractivity contribution is 5.76. The highest BCUT2D eigenvalue weighted by Gasteiger charge is 2.20. The lowest BCUT2D eigenvalue weighted by Crippen LogP contribution is -2.00. The molecule has 0 aliphatic carbocycles. The van der Waals surface area contributed by atoms with Crippen LogP contribution in [0.15, 0.2) is 18.2 Å². The summed E-state index contributed by atoms with van der Waals surface area (Å²) < 4.78 is 12.6. The van der Waals surface area contributed by atoms with Gasteiger partial charge in [0, 0.05) is 13.1 Å². The zero-order valence-corrected chi connectivity index (χ0v) is 12.6. The second-order valence-electron chi connectivity index (χ2n) is 5.00. The van der Waals surface area contributed by atoms with E-state index in [0.717, 1.165) is 16.8 Å². The van der Waals surface area contributed by atoms with Crippen LogP contribution < -0.4 is 15.2 Å². The number of aryl methyl sites for hydroxylation is 1. The predicted molar refractivity (Wildman–Crippen MR) is 80.2 cm³/mol. The number of nitrogens with two attached hydrogens (primary N) is 1. The first kappa shape index (κ1) is 14.2. The van der Waals surface area contributed by atoms with Crippen molar-refractivity contribution in [1.82, 2.24) is 9.78 Å².